The number of benzene rings is 6. The van der Waals surface area contributed by atoms with Crippen molar-refractivity contribution in [3.63, 3.8) is 0 Å². The Morgan fingerprint density at radius 2 is 1.07 bits per heavy atom. The van der Waals surface area contributed by atoms with Crippen LogP contribution in [0.5, 0.6) is 11.5 Å². The quantitative estimate of drug-likeness (QED) is 0.118. The van der Waals surface area contributed by atoms with Crippen molar-refractivity contribution in [3.05, 3.63) is 195 Å². The molecule has 0 aliphatic carbocycles. The summed E-state index contributed by atoms with van der Waals surface area (Å²) < 4.78 is 22.6. The van der Waals surface area contributed by atoms with Crippen LogP contribution < -0.4 is 9.47 Å². The lowest BCUT2D eigenvalue weighted by molar-refractivity contribution is -0.135. The van der Waals surface area contributed by atoms with E-state index in [1.807, 2.05) is 18.2 Å². The van der Waals surface area contributed by atoms with Crippen molar-refractivity contribution in [2.75, 3.05) is 14.2 Å². The largest absolute Gasteiger partial charge is 0.485 e. The van der Waals surface area contributed by atoms with Crippen LogP contribution in [0.1, 0.15) is 75.1 Å². The number of halogens is 1. The van der Waals surface area contributed by atoms with Crippen molar-refractivity contribution in [1.82, 2.24) is 0 Å². The zero-order valence-electron chi connectivity index (χ0n) is 35.8. The molecule has 2 aliphatic heterocycles. The van der Waals surface area contributed by atoms with Gasteiger partial charge >= 0.3 is 11.9 Å². The topological polar surface area (TPSA) is 71.1 Å². The first-order valence-electron chi connectivity index (χ1n) is 20.5. The molecule has 312 valence electrons. The van der Waals surface area contributed by atoms with Gasteiger partial charge in [-0.3, -0.25) is 0 Å². The minimum Gasteiger partial charge on any atom is -0.485 e. The molecule has 2 atom stereocenters. The van der Waals surface area contributed by atoms with Gasteiger partial charge in [0.2, 0.25) is 0 Å². The maximum absolute atomic E-state index is 11.3. The highest BCUT2D eigenvalue weighted by molar-refractivity contribution is 9.10. The molecule has 0 N–H and O–H groups in total. The maximum Gasteiger partial charge on any atom is 0.330 e. The van der Waals surface area contributed by atoms with Gasteiger partial charge in [-0.05, 0) is 174 Å². The molecule has 0 radical (unpaired) electrons. The number of ether oxygens (including phenoxy) is 4. The van der Waals surface area contributed by atoms with Crippen molar-refractivity contribution in [2.24, 2.45) is 0 Å². The molecule has 6 nitrogen and oxygen atoms in total. The van der Waals surface area contributed by atoms with Crippen molar-refractivity contribution < 1.29 is 28.5 Å². The summed E-state index contributed by atoms with van der Waals surface area (Å²) in [4.78, 5) is 21.2. The first-order valence-corrected chi connectivity index (χ1v) is 21.3. The Labute approximate surface area is 369 Å². The Kier molecular flexibility index (Phi) is 15.2. The molecular formula is C54H53BrO6. The Morgan fingerprint density at radius 1 is 0.607 bits per heavy atom. The molecule has 0 saturated heterocycles. The van der Waals surface area contributed by atoms with Gasteiger partial charge in [-0.1, -0.05) is 101 Å². The van der Waals surface area contributed by atoms with Gasteiger partial charge in [0.05, 0.1) is 14.2 Å². The van der Waals surface area contributed by atoms with Crippen molar-refractivity contribution in [1.29, 1.82) is 0 Å². The summed E-state index contributed by atoms with van der Waals surface area (Å²) in [6.45, 7) is 11.8. The molecule has 0 amide bonds. The average Bonchev–Trinajstić information content (AvgIpc) is 3.28. The number of fused-ring (bicyclic) bond motifs is 2. The van der Waals surface area contributed by atoms with E-state index in [-0.39, 0.29) is 18.2 Å². The second kappa shape index (κ2) is 20.9. The second-order valence-corrected chi connectivity index (χ2v) is 16.2. The molecule has 2 unspecified atom stereocenters. The van der Waals surface area contributed by atoms with Crippen LogP contribution >= 0.6 is 15.9 Å². The Bertz CT molecular complexity index is 2510. The minimum absolute atomic E-state index is 0.0400. The van der Waals surface area contributed by atoms with Crippen molar-refractivity contribution in [2.45, 2.75) is 65.6 Å². The molecule has 0 spiro atoms. The van der Waals surface area contributed by atoms with E-state index in [1.165, 1.54) is 87.1 Å². The highest BCUT2D eigenvalue weighted by Crippen LogP contribution is 2.39. The van der Waals surface area contributed by atoms with Crippen LogP contribution in [0.25, 0.3) is 28.3 Å². The molecule has 0 fully saturated rings. The lowest BCUT2D eigenvalue weighted by Crippen LogP contribution is -2.15. The van der Waals surface area contributed by atoms with Crippen LogP contribution in [-0.4, -0.2) is 26.2 Å². The normalized spacial score (nSPS) is 14.9. The highest BCUT2D eigenvalue weighted by Gasteiger charge is 2.23. The summed E-state index contributed by atoms with van der Waals surface area (Å²) in [6.07, 6.45) is 8.41. The van der Waals surface area contributed by atoms with Crippen LogP contribution in [0.3, 0.4) is 0 Å². The van der Waals surface area contributed by atoms with Crippen LogP contribution in [-0.2, 0) is 31.9 Å². The number of aryl methyl sites for hydroxylation is 6. The number of esters is 2. The summed E-state index contributed by atoms with van der Waals surface area (Å²) in [5.74, 6) is 1.18. The molecule has 8 rings (SSSR count). The van der Waals surface area contributed by atoms with Gasteiger partial charge in [-0.2, -0.15) is 0 Å². The van der Waals surface area contributed by atoms with Crippen molar-refractivity contribution in [3.8, 4) is 33.8 Å². The first kappa shape index (κ1) is 44.4. The molecule has 7 heteroatoms. The zero-order chi connectivity index (χ0) is 43.5. The van der Waals surface area contributed by atoms with E-state index in [4.69, 9.17) is 9.47 Å². The first-order chi connectivity index (χ1) is 29.5. The fraction of sp³-hybridized carbons (Fsp3) is 0.222. The third kappa shape index (κ3) is 11.4. The van der Waals surface area contributed by atoms with E-state index < -0.39 is 5.97 Å². The average molecular weight is 878 g/mol. The van der Waals surface area contributed by atoms with E-state index in [1.54, 1.807) is 6.08 Å². The summed E-state index contributed by atoms with van der Waals surface area (Å²) in [6, 6.07) is 42.8. The molecule has 0 saturated carbocycles. The Balaban J connectivity index is 0.000000182. The SMILES string of the molecule is C=CC(=O)OC.COC(=O)/C=C/c1ccc2c(c1)CCC(c1cccc(-c3c(C)cccc3C)c1)O2.Cc1cccc(C)c1-c1cccc(C2CCc3cc(Br)ccc3O2)c1. The van der Waals surface area contributed by atoms with Gasteiger partial charge in [-0.15, -0.1) is 0 Å². The zero-order valence-corrected chi connectivity index (χ0v) is 37.4. The molecule has 2 aliphatic rings. The van der Waals surface area contributed by atoms with E-state index in [0.717, 1.165) is 53.3 Å². The van der Waals surface area contributed by atoms with Gasteiger partial charge in [0.1, 0.15) is 23.7 Å². The molecular weight excluding hydrogens is 824 g/mol. The standard InChI is InChI=1S/C27H26O3.C23H21BrO.C4H6O2/c1-18-6-4-7-19(2)27(18)23-9-5-8-21(17-23)25-14-12-22-16-20(10-13-24(22)30-25)11-15-26(28)29-3;1-15-5-3-6-16(2)23(15)19-8-4-7-17(13-19)21-11-9-18-14-20(24)10-12-22(18)25-21;1-3-4(5)6-2/h4-11,13,15-17,25H,12,14H2,1-3H3;3-8,10,12-14,21H,9,11H2,1-2H3;3H,1H2,2H3/b15-11+;;. The molecule has 0 bridgehead atoms. The predicted molar refractivity (Wildman–Crippen MR) is 250 cm³/mol. The fourth-order valence-electron chi connectivity index (χ4n) is 7.98. The monoisotopic (exact) mass is 876 g/mol. The smallest absolute Gasteiger partial charge is 0.330 e. The maximum atomic E-state index is 11.3. The second-order valence-electron chi connectivity index (χ2n) is 15.3. The van der Waals surface area contributed by atoms with Crippen molar-refractivity contribution >= 4 is 33.9 Å². The van der Waals surface area contributed by atoms with Gasteiger partial charge in [-0.25, -0.2) is 9.59 Å². The van der Waals surface area contributed by atoms with Gasteiger partial charge < -0.3 is 18.9 Å². The number of rotatable bonds is 7. The molecule has 61 heavy (non-hydrogen) atoms. The van der Waals surface area contributed by atoms with Gasteiger partial charge in [0, 0.05) is 16.6 Å². The number of carbonyl (C=O) groups is 2. The lowest BCUT2D eigenvalue weighted by Gasteiger charge is -2.27. The lowest BCUT2D eigenvalue weighted by atomic mass is 9.91. The Hall–Kier alpha value is -6.18. The van der Waals surface area contributed by atoms with Crippen LogP contribution in [0.4, 0.5) is 0 Å². The predicted octanol–water partition coefficient (Wildman–Crippen LogP) is 13.4. The summed E-state index contributed by atoms with van der Waals surface area (Å²) in [5.41, 5.74) is 16.3. The summed E-state index contributed by atoms with van der Waals surface area (Å²) in [5, 5.41) is 0. The van der Waals surface area contributed by atoms with E-state index in [9.17, 15) is 9.59 Å². The minimum atomic E-state index is -0.394. The van der Waals surface area contributed by atoms with Crippen LogP contribution in [0.15, 0.2) is 145 Å². The Morgan fingerprint density at radius 3 is 1.52 bits per heavy atom. The number of carbonyl (C=O) groups excluding carboxylic acids is 2. The number of hydrogen-bond donors (Lipinski definition) is 0. The van der Waals surface area contributed by atoms with E-state index in [2.05, 4.69) is 163 Å². The number of methoxy groups -OCH3 is 2. The molecule has 6 aromatic rings. The van der Waals surface area contributed by atoms with Gasteiger partial charge in [0.15, 0.2) is 0 Å². The molecule has 2 heterocycles. The molecule has 0 aromatic heterocycles. The van der Waals surface area contributed by atoms with E-state index >= 15 is 0 Å². The summed E-state index contributed by atoms with van der Waals surface area (Å²) in [7, 11) is 2.69. The summed E-state index contributed by atoms with van der Waals surface area (Å²) >= 11 is 3.54. The third-order valence-electron chi connectivity index (χ3n) is 11.0. The third-order valence-corrected chi connectivity index (χ3v) is 11.5. The van der Waals surface area contributed by atoms with Crippen LogP contribution in [0.2, 0.25) is 0 Å². The van der Waals surface area contributed by atoms with Crippen LogP contribution in [0, 0.1) is 27.7 Å². The van der Waals surface area contributed by atoms with E-state index in [0.29, 0.717) is 0 Å². The molecule has 6 aromatic carbocycles. The number of hydrogen-bond acceptors (Lipinski definition) is 6. The highest BCUT2D eigenvalue weighted by atomic mass is 79.9. The fourth-order valence-corrected chi connectivity index (χ4v) is 8.39. The van der Waals surface area contributed by atoms with Gasteiger partial charge in [0.25, 0.3) is 0 Å².